The van der Waals surface area contributed by atoms with Crippen LogP contribution in [0.3, 0.4) is 0 Å². The van der Waals surface area contributed by atoms with Crippen molar-refractivity contribution in [2.24, 2.45) is 0 Å². The van der Waals surface area contributed by atoms with Gasteiger partial charge >= 0.3 is 0 Å². The Morgan fingerprint density at radius 1 is 0.944 bits per heavy atom. The van der Waals surface area contributed by atoms with Crippen molar-refractivity contribution in [2.45, 2.75) is 31.2 Å². The highest BCUT2D eigenvalue weighted by Crippen LogP contribution is 2.30. The Morgan fingerprint density at radius 2 is 1.78 bits per heavy atom. The quantitative estimate of drug-likeness (QED) is 0.286. The van der Waals surface area contributed by atoms with Crippen molar-refractivity contribution in [3.63, 3.8) is 0 Å². The number of hydrogen-bond acceptors (Lipinski definition) is 9. The number of hydrogen-bond donors (Lipinski definition) is 2. The van der Waals surface area contributed by atoms with E-state index in [4.69, 9.17) is 5.73 Å². The summed E-state index contributed by atoms with van der Waals surface area (Å²) in [6.45, 7) is 4.17. The van der Waals surface area contributed by atoms with Crippen molar-refractivity contribution in [3.05, 3.63) is 90.0 Å². The van der Waals surface area contributed by atoms with Gasteiger partial charge in [0.15, 0.2) is 11.0 Å². The van der Waals surface area contributed by atoms with Crippen LogP contribution >= 0.6 is 11.8 Å². The Balaban J connectivity index is 1.45. The molecule has 9 nitrogen and oxygen atoms in total. The average Bonchev–Trinajstić information content (AvgIpc) is 3.32. The van der Waals surface area contributed by atoms with Crippen LogP contribution in [0.4, 0.5) is 17.6 Å². The molecule has 0 saturated heterocycles. The number of pyridine rings is 1. The van der Waals surface area contributed by atoms with Crippen LogP contribution in [0.5, 0.6) is 0 Å². The van der Waals surface area contributed by atoms with E-state index in [9.17, 15) is 0 Å². The van der Waals surface area contributed by atoms with E-state index in [1.54, 1.807) is 12.4 Å². The van der Waals surface area contributed by atoms with Crippen LogP contribution in [-0.4, -0.2) is 34.7 Å². The van der Waals surface area contributed by atoms with Gasteiger partial charge in [-0.25, -0.2) is 0 Å². The number of para-hydroxylation sites is 2. The molecular formula is C26H25N9S. The summed E-state index contributed by atoms with van der Waals surface area (Å²) in [6.07, 6.45) is 4.41. The average molecular weight is 496 g/mol. The number of aryl methyl sites for hydroxylation is 2. The lowest BCUT2D eigenvalue weighted by atomic mass is 10.1. The number of aromatic nitrogens is 7. The van der Waals surface area contributed by atoms with Crippen molar-refractivity contribution in [2.75, 3.05) is 11.1 Å². The Bertz CT molecular complexity index is 1480. The summed E-state index contributed by atoms with van der Waals surface area (Å²) in [5.41, 5.74) is 11.1. The SMILES string of the molecule is CCc1ccccc1Nc1nc(N)nc(CSc2nnc(-c3cccnc3)n2-c2ccccc2C)n1. The smallest absolute Gasteiger partial charge is 0.232 e. The Hall–Kier alpha value is -4.31. The molecule has 0 radical (unpaired) electrons. The molecule has 0 saturated carbocycles. The van der Waals surface area contributed by atoms with Crippen LogP contribution in [0.15, 0.2) is 78.2 Å². The largest absolute Gasteiger partial charge is 0.368 e. The molecule has 0 unspecified atom stereocenters. The van der Waals surface area contributed by atoms with E-state index in [0.717, 1.165) is 28.9 Å². The lowest BCUT2D eigenvalue weighted by Gasteiger charge is -2.13. The second-order valence-corrected chi connectivity index (χ2v) is 8.97. The van der Waals surface area contributed by atoms with Gasteiger partial charge in [-0.3, -0.25) is 9.55 Å². The first-order valence-corrected chi connectivity index (χ1v) is 12.5. The minimum absolute atomic E-state index is 0.161. The predicted octanol–water partition coefficient (Wildman–Crippen LogP) is 5.00. The fourth-order valence-electron chi connectivity index (χ4n) is 3.84. The van der Waals surface area contributed by atoms with Gasteiger partial charge < -0.3 is 11.1 Å². The molecule has 0 atom stereocenters. The van der Waals surface area contributed by atoms with E-state index in [1.807, 2.05) is 47.0 Å². The molecule has 0 amide bonds. The number of anilines is 3. The van der Waals surface area contributed by atoms with Gasteiger partial charge in [0.2, 0.25) is 11.9 Å². The zero-order valence-corrected chi connectivity index (χ0v) is 20.8. The van der Waals surface area contributed by atoms with Crippen molar-refractivity contribution in [1.29, 1.82) is 0 Å². The maximum atomic E-state index is 6.02. The minimum atomic E-state index is 0.161. The summed E-state index contributed by atoms with van der Waals surface area (Å²) in [5.74, 6) is 2.28. The summed E-state index contributed by atoms with van der Waals surface area (Å²) in [5, 5.41) is 13.0. The second kappa shape index (κ2) is 10.5. The van der Waals surface area contributed by atoms with Gasteiger partial charge in [-0.1, -0.05) is 55.1 Å². The summed E-state index contributed by atoms with van der Waals surface area (Å²) in [4.78, 5) is 17.5. The highest BCUT2D eigenvalue weighted by atomic mass is 32.2. The highest BCUT2D eigenvalue weighted by Gasteiger charge is 2.18. The molecule has 180 valence electrons. The standard InChI is InChI=1S/C26H25N9S/c1-3-18-10-5-6-12-20(18)29-25-31-22(30-24(27)32-25)16-36-26-34-33-23(19-11-8-14-28-15-19)35(26)21-13-7-4-9-17(21)2/h4-15H,3,16H2,1-2H3,(H3,27,29,30,31,32). The van der Waals surface area contributed by atoms with E-state index < -0.39 is 0 Å². The van der Waals surface area contributed by atoms with Crippen molar-refractivity contribution >= 4 is 29.3 Å². The molecule has 10 heteroatoms. The number of nitrogens with two attached hydrogens (primary N) is 1. The van der Waals surface area contributed by atoms with E-state index in [2.05, 4.69) is 67.5 Å². The summed E-state index contributed by atoms with van der Waals surface area (Å²) < 4.78 is 2.04. The molecule has 3 aromatic heterocycles. The fourth-order valence-corrected chi connectivity index (χ4v) is 4.64. The molecular weight excluding hydrogens is 470 g/mol. The zero-order chi connectivity index (χ0) is 24.9. The fraction of sp³-hybridized carbons (Fsp3) is 0.154. The molecule has 36 heavy (non-hydrogen) atoms. The lowest BCUT2D eigenvalue weighted by Crippen LogP contribution is -2.08. The monoisotopic (exact) mass is 495 g/mol. The number of nitrogen functional groups attached to an aromatic ring is 1. The number of thioether (sulfide) groups is 1. The number of nitrogens with one attached hydrogen (secondary N) is 1. The van der Waals surface area contributed by atoms with E-state index >= 15 is 0 Å². The van der Waals surface area contributed by atoms with Crippen LogP contribution in [0.25, 0.3) is 17.1 Å². The summed E-state index contributed by atoms with van der Waals surface area (Å²) in [7, 11) is 0. The van der Waals surface area contributed by atoms with Gasteiger partial charge in [0.25, 0.3) is 0 Å². The molecule has 3 N–H and O–H groups in total. The van der Waals surface area contributed by atoms with Crippen LogP contribution < -0.4 is 11.1 Å². The Morgan fingerprint density at radius 3 is 2.58 bits per heavy atom. The molecule has 3 heterocycles. The first-order chi connectivity index (χ1) is 17.6. The normalized spacial score (nSPS) is 10.9. The Kier molecular flexibility index (Phi) is 6.85. The van der Waals surface area contributed by atoms with Crippen LogP contribution in [0.2, 0.25) is 0 Å². The predicted molar refractivity (Wildman–Crippen MR) is 142 cm³/mol. The van der Waals surface area contributed by atoms with Gasteiger partial charge in [-0.05, 0) is 48.7 Å². The lowest BCUT2D eigenvalue weighted by molar-refractivity contribution is 0.876. The molecule has 2 aromatic carbocycles. The highest BCUT2D eigenvalue weighted by molar-refractivity contribution is 7.98. The molecule has 5 aromatic rings. The van der Waals surface area contributed by atoms with Gasteiger partial charge in [-0.2, -0.15) is 15.0 Å². The first-order valence-electron chi connectivity index (χ1n) is 11.5. The van der Waals surface area contributed by atoms with Gasteiger partial charge in [0.1, 0.15) is 5.82 Å². The number of benzene rings is 2. The second-order valence-electron chi connectivity index (χ2n) is 8.03. The summed E-state index contributed by atoms with van der Waals surface area (Å²) >= 11 is 1.48. The summed E-state index contributed by atoms with van der Waals surface area (Å²) in [6, 6.07) is 20.0. The molecule has 0 fully saturated rings. The third kappa shape index (κ3) is 5.03. The molecule has 0 aliphatic carbocycles. The van der Waals surface area contributed by atoms with Gasteiger partial charge in [0, 0.05) is 23.6 Å². The number of nitrogens with zero attached hydrogens (tertiary/aromatic N) is 7. The van der Waals surface area contributed by atoms with Crippen LogP contribution in [0, 0.1) is 6.92 Å². The third-order valence-electron chi connectivity index (χ3n) is 5.58. The molecule has 0 spiro atoms. The van der Waals surface area contributed by atoms with E-state index in [-0.39, 0.29) is 5.95 Å². The first kappa shape index (κ1) is 23.4. The van der Waals surface area contributed by atoms with Crippen molar-refractivity contribution in [3.8, 4) is 17.1 Å². The Labute approximate surface area is 213 Å². The maximum absolute atomic E-state index is 6.02. The third-order valence-corrected chi connectivity index (χ3v) is 6.51. The number of rotatable bonds is 8. The maximum Gasteiger partial charge on any atom is 0.232 e. The van der Waals surface area contributed by atoms with Crippen LogP contribution in [0.1, 0.15) is 23.9 Å². The van der Waals surface area contributed by atoms with E-state index in [0.29, 0.717) is 28.5 Å². The minimum Gasteiger partial charge on any atom is -0.368 e. The van der Waals surface area contributed by atoms with Gasteiger partial charge in [-0.15, -0.1) is 10.2 Å². The topological polar surface area (TPSA) is 120 Å². The van der Waals surface area contributed by atoms with Gasteiger partial charge in [0.05, 0.1) is 11.4 Å². The van der Waals surface area contributed by atoms with Crippen LogP contribution in [-0.2, 0) is 12.2 Å². The molecule has 0 bridgehead atoms. The van der Waals surface area contributed by atoms with E-state index in [1.165, 1.54) is 17.3 Å². The van der Waals surface area contributed by atoms with Crippen molar-refractivity contribution < 1.29 is 0 Å². The molecule has 5 rings (SSSR count). The molecule has 0 aliphatic rings. The molecule has 0 aliphatic heterocycles. The van der Waals surface area contributed by atoms with Crippen molar-refractivity contribution in [1.82, 2.24) is 34.7 Å². The zero-order valence-electron chi connectivity index (χ0n) is 20.0.